The van der Waals surface area contributed by atoms with Gasteiger partial charge in [0.05, 0.1) is 11.8 Å². The van der Waals surface area contributed by atoms with E-state index in [1.807, 2.05) is 93.6 Å². The van der Waals surface area contributed by atoms with Crippen molar-refractivity contribution in [1.82, 2.24) is 20.6 Å². The number of nitrogens with zero attached hydrogens (tertiary/aromatic N) is 2. The minimum Gasteiger partial charge on any atom is -0.543 e. The highest BCUT2D eigenvalue weighted by atomic mass is 28.4. The van der Waals surface area contributed by atoms with E-state index in [4.69, 9.17) is 13.9 Å². The lowest BCUT2D eigenvalue weighted by atomic mass is 9.94. The number of amides is 4. The van der Waals surface area contributed by atoms with Gasteiger partial charge in [0.2, 0.25) is 11.8 Å². The van der Waals surface area contributed by atoms with Gasteiger partial charge in [-0.25, -0.2) is 9.59 Å². The molecule has 2 aromatic heterocycles. The second-order valence-corrected chi connectivity index (χ2v) is 26.3. The number of carbonyl (C=O) groups excluding carboxylic acids is 4. The lowest BCUT2D eigenvalue weighted by Crippen LogP contribution is -2.50. The Hall–Kier alpha value is -7.00. The first-order valence-corrected chi connectivity index (χ1v) is 26.9. The molecule has 4 aromatic carbocycles. The van der Waals surface area contributed by atoms with Crippen LogP contribution >= 0.6 is 0 Å². The summed E-state index contributed by atoms with van der Waals surface area (Å²) in [6.45, 7) is 25.0. The summed E-state index contributed by atoms with van der Waals surface area (Å²) in [5, 5.41) is 25.1. The number of ether oxygens (including phenoxy) is 2. The summed E-state index contributed by atoms with van der Waals surface area (Å²) in [6, 6.07) is 29.6. The van der Waals surface area contributed by atoms with Crippen LogP contribution in [0, 0.1) is 0 Å². The highest BCUT2D eigenvalue weighted by Gasteiger charge is 2.47. The van der Waals surface area contributed by atoms with E-state index in [2.05, 4.69) is 72.8 Å². The van der Waals surface area contributed by atoms with Gasteiger partial charge in [0.1, 0.15) is 22.7 Å². The third kappa shape index (κ3) is 16.3. The molecule has 15 heteroatoms. The number of rotatable bonds is 17. The van der Waals surface area contributed by atoms with Gasteiger partial charge in [-0.1, -0.05) is 77.9 Å². The Labute approximate surface area is 426 Å². The Morgan fingerprint density at radius 2 is 0.931 bits per heavy atom. The molecule has 0 aliphatic carbocycles. The number of phenols is 1. The normalized spacial score (nSPS) is 12.7. The summed E-state index contributed by atoms with van der Waals surface area (Å²) in [5.41, 5.74) is 3.16. The number of aromatic hydroxyl groups is 1. The molecule has 0 fully saturated rings. The fourth-order valence-electron chi connectivity index (χ4n) is 8.98. The topological polar surface area (TPSA) is 190 Å². The maximum atomic E-state index is 13.6. The predicted molar refractivity (Wildman–Crippen MR) is 290 cm³/mol. The van der Waals surface area contributed by atoms with Gasteiger partial charge >= 0.3 is 12.2 Å². The SMILES string of the molecule is CC(C)(C)OC(=O)NCCC(C(=O)Nc1ccc2cnccc2c1)c1ccc(O)cc1.CC(C)[Si](Oc1ccc(C(CCNC(=O)OC(C)(C)C)C(=O)Nc2ccc3cnccc3c2)cc1)(C(C)C)C(C)C. The van der Waals surface area contributed by atoms with E-state index >= 15 is 0 Å². The zero-order chi connectivity index (χ0) is 52.8. The predicted octanol–water partition coefficient (Wildman–Crippen LogP) is 13.0. The Morgan fingerprint density at radius 1 is 0.542 bits per heavy atom. The van der Waals surface area contributed by atoms with Gasteiger partial charge in [-0.3, -0.25) is 19.6 Å². The van der Waals surface area contributed by atoms with Gasteiger partial charge in [0.25, 0.3) is 8.32 Å². The van der Waals surface area contributed by atoms with Gasteiger partial charge < -0.3 is 40.3 Å². The molecule has 2 atom stereocenters. The lowest BCUT2D eigenvalue weighted by Gasteiger charge is -2.42. The molecule has 72 heavy (non-hydrogen) atoms. The minimum absolute atomic E-state index is 0.123. The number of pyridine rings is 2. The second-order valence-electron chi connectivity index (χ2n) is 21.0. The summed E-state index contributed by atoms with van der Waals surface area (Å²) in [5.74, 6) is -0.403. The highest BCUT2D eigenvalue weighted by Crippen LogP contribution is 2.43. The summed E-state index contributed by atoms with van der Waals surface area (Å²) in [7, 11) is -2.11. The number of phenolic OH excluding ortho intramolecular Hbond substituents is 1. The van der Waals surface area contributed by atoms with Crippen LogP contribution in [0.5, 0.6) is 11.5 Å². The minimum atomic E-state index is -2.11. The summed E-state index contributed by atoms with van der Waals surface area (Å²) in [6.07, 6.45) is 6.75. The lowest BCUT2D eigenvalue weighted by molar-refractivity contribution is -0.118. The van der Waals surface area contributed by atoms with Crippen molar-refractivity contribution in [3.63, 3.8) is 0 Å². The number of benzene rings is 4. The number of hydrogen-bond donors (Lipinski definition) is 5. The van der Waals surface area contributed by atoms with Gasteiger partial charge in [0.15, 0.2) is 0 Å². The van der Waals surface area contributed by atoms with E-state index in [9.17, 15) is 24.3 Å². The van der Waals surface area contributed by atoms with Gasteiger partial charge in [-0.15, -0.1) is 0 Å². The first kappa shape index (κ1) is 55.9. The number of alkyl carbamates (subject to hydrolysis) is 2. The van der Waals surface area contributed by atoms with E-state index in [0.29, 0.717) is 47.4 Å². The summed E-state index contributed by atoms with van der Waals surface area (Å²) in [4.78, 5) is 59.2. The van der Waals surface area contributed by atoms with E-state index in [0.717, 1.165) is 38.4 Å². The zero-order valence-corrected chi connectivity index (χ0v) is 45.0. The van der Waals surface area contributed by atoms with Gasteiger partial charge in [-0.05, 0) is 154 Å². The summed E-state index contributed by atoms with van der Waals surface area (Å²) >= 11 is 0. The Morgan fingerprint density at radius 3 is 1.31 bits per heavy atom. The average molecular weight is 999 g/mol. The first-order valence-electron chi connectivity index (χ1n) is 24.7. The molecule has 4 amide bonds. The molecule has 2 heterocycles. The zero-order valence-electron chi connectivity index (χ0n) is 44.0. The monoisotopic (exact) mass is 999 g/mol. The highest BCUT2D eigenvalue weighted by molar-refractivity contribution is 6.78. The molecule has 5 N–H and O–H groups in total. The molecule has 14 nitrogen and oxygen atoms in total. The molecular weight excluding hydrogens is 925 g/mol. The van der Waals surface area contributed by atoms with Crippen molar-refractivity contribution in [2.24, 2.45) is 0 Å². The molecular formula is C57H74N6O8Si. The van der Waals surface area contributed by atoms with Crippen molar-refractivity contribution in [1.29, 1.82) is 0 Å². The molecule has 0 aliphatic rings. The molecule has 0 bridgehead atoms. The number of fused-ring (bicyclic) bond motifs is 2. The van der Waals surface area contributed by atoms with Crippen LogP contribution in [0.1, 0.15) is 119 Å². The van der Waals surface area contributed by atoms with Crippen LogP contribution in [0.2, 0.25) is 16.6 Å². The van der Waals surface area contributed by atoms with Crippen LogP contribution in [0.3, 0.4) is 0 Å². The number of aromatic nitrogens is 2. The Bertz CT molecular complexity index is 2730. The van der Waals surface area contributed by atoms with Gasteiger partial charge in [-0.2, -0.15) is 0 Å². The van der Waals surface area contributed by atoms with Crippen LogP contribution in [0.15, 0.2) is 122 Å². The van der Waals surface area contributed by atoms with Crippen molar-refractivity contribution in [2.75, 3.05) is 23.7 Å². The molecule has 0 spiro atoms. The van der Waals surface area contributed by atoms with E-state index in [1.165, 1.54) is 0 Å². The number of hydrogen-bond acceptors (Lipinski definition) is 10. The van der Waals surface area contributed by atoms with Crippen molar-refractivity contribution >= 4 is 65.2 Å². The number of carbonyl (C=O) groups is 4. The van der Waals surface area contributed by atoms with Crippen LogP contribution < -0.4 is 25.7 Å². The second kappa shape index (κ2) is 24.9. The standard InChI is InChI=1S/C33H47N3O4Si.C24H27N3O4/c1-22(2)41(23(3)4,24(5)6)40-29-14-11-25(12-15-29)30(17-19-35-32(38)39-33(7,8)9)31(37)36-28-13-10-27-21-34-18-16-26(27)20-28;1-24(2,3)31-23(30)26-13-11-21(16-5-8-20(28)9-6-16)22(29)27-19-7-4-18-15-25-12-10-17(18)14-19/h10-16,18,20-24,30H,17,19H2,1-9H3,(H,35,38)(H,36,37);4-10,12,14-15,21,28H,11,13H2,1-3H3,(H,26,30)(H,27,29). The van der Waals surface area contributed by atoms with Crippen LogP contribution in [0.4, 0.5) is 21.0 Å². The van der Waals surface area contributed by atoms with Crippen LogP contribution in [0.25, 0.3) is 21.5 Å². The molecule has 6 rings (SSSR count). The number of nitrogens with one attached hydrogen (secondary N) is 4. The number of anilines is 2. The van der Waals surface area contributed by atoms with Crippen LogP contribution in [-0.2, 0) is 19.1 Å². The molecule has 0 radical (unpaired) electrons. The Kier molecular flexibility index (Phi) is 19.3. The first-order chi connectivity index (χ1) is 33.9. The van der Waals surface area contributed by atoms with E-state index in [-0.39, 0.29) is 24.1 Å². The van der Waals surface area contributed by atoms with Crippen LogP contribution in [-0.4, -0.2) is 71.7 Å². The third-order valence-electron chi connectivity index (χ3n) is 12.2. The van der Waals surface area contributed by atoms with Crippen molar-refractivity contribution in [2.45, 2.75) is 136 Å². The quantitative estimate of drug-likeness (QED) is 0.0550. The Balaban J connectivity index is 0.000000278. The fourth-order valence-corrected chi connectivity index (χ4v) is 14.2. The molecule has 2 unspecified atom stereocenters. The van der Waals surface area contributed by atoms with Crippen molar-refractivity contribution < 1.29 is 38.2 Å². The fraction of sp³-hybridized carbons (Fsp3) is 0.404. The molecule has 6 aromatic rings. The molecule has 0 saturated carbocycles. The summed E-state index contributed by atoms with van der Waals surface area (Å²) < 4.78 is 17.5. The molecule has 384 valence electrons. The molecule has 0 saturated heterocycles. The maximum Gasteiger partial charge on any atom is 0.407 e. The average Bonchev–Trinajstić information content (AvgIpc) is 3.30. The van der Waals surface area contributed by atoms with Crippen molar-refractivity contribution in [3.8, 4) is 11.5 Å². The largest absolute Gasteiger partial charge is 0.543 e. The maximum absolute atomic E-state index is 13.6. The van der Waals surface area contributed by atoms with Crippen molar-refractivity contribution in [3.05, 3.63) is 133 Å². The van der Waals surface area contributed by atoms with Gasteiger partial charge in [0, 0.05) is 60.0 Å². The smallest absolute Gasteiger partial charge is 0.407 e. The molecule has 0 aliphatic heterocycles. The third-order valence-corrected chi connectivity index (χ3v) is 18.2. The van der Waals surface area contributed by atoms with E-state index in [1.54, 1.807) is 69.8 Å². The van der Waals surface area contributed by atoms with E-state index < -0.39 is 43.5 Å².